The Bertz CT molecular complexity index is 761. The summed E-state index contributed by atoms with van der Waals surface area (Å²) < 4.78 is 5.79. The van der Waals surface area contributed by atoms with Gasteiger partial charge in [0.2, 0.25) is 0 Å². The molecule has 0 saturated carbocycles. The molecule has 0 aliphatic carbocycles. The van der Waals surface area contributed by atoms with Crippen LogP contribution in [0.25, 0.3) is 10.4 Å². The minimum absolute atomic E-state index is 0.0487. The van der Waals surface area contributed by atoms with Crippen LogP contribution in [0.5, 0.6) is 0 Å². The van der Waals surface area contributed by atoms with Gasteiger partial charge in [0.1, 0.15) is 6.10 Å². The van der Waals surface area contributed by atoms with E-state index < -0.39 is 6.10 Å². The van der Waals surface area contributed by atoms with Crippen molar-refractivity contribution in [1.29, 1.82) is 0 Å². The molecule has 138 valence electrons. The van der Waals surface area contributed by atoms with Crippen molar-refractivity contribution in [1.82, 2.24) is 0 Å². The summed E-state index contributed by atoms with van der Waals surface area (Å²) in [5.41, 5.74) is 1.73. The molecule has 1 amide bonds. The van der Waals surface area contributed by atoms with Crippen LogP contribution in [0.1, 0.15) is 43.3 Å². The first kappa shape index (κ1) is 18.8. The van der Waals surface area contributed by atoms with Crippen LogP contribution < -0.4 is 4.90 Å². The molecule has 1 aromatic carbocycles. The molecule has 1 aliphatic rings. The number of anilines is 1. The summed E-state index contributed by atoms with van der Waals surface area (Å²) in [4.78, 5) is 28.1. The van der Waals surface area contributed by atoms with Crippen LogP contribution in [0.15, 0.2) is 36.4 Å². The largest absolute Gasteiger partial charge is 0.368 e. The van der Waals surface area contributed by atoms with E-state index in [2.05, 4.69) is 6.92 Å². The van der Waals surface area contributed by atoms with Crippen LogP contribution in [0.3, 0.4) is 0 Å². The first-order valence-electron chi connectivity index (χ1n) is 9.10. The third-order valence-electron chi connectivity index (χ3n) is 4.70. The molecule has 2 aromatic rings. The molecule has 2 atom stereocenters. The van der Waals surface area contributed by atoms with Crippen molar-refractivity contribution >= 4 is 29.2 Å². The first-order chi connectivity index (χ1) is 12.5. The number of carbonyl (C=O) groups is 2. The molecule has 1 aromatic heterocycles. The number of carbonyl (C=O) groups excluding carboxylic acids is 2. The Morgan fingerprint density at radius 2 is 2.00 bits per heavy atom. The van der Waals surface area contributed by atoms with Gasteiger partial charge in [0.15, 0.2) is 6.29 Å². The average molecular weight is 372 g/mol. The summed E-state index contributed by atoms with van der Waals surface area (Å²) in [6.45, 7) is 6.69. The van der Waals surface area contributed by atoms with Gasteiger partial charge in [-0.05, 0) is 44.2 Å². The lowest BCUT2D eigenvalue weighted by molar-refractivity contribution is -0.134. The summed E-state index contributed by atoms with van der Waals surface area (Å²) in [5, 5.41) is 0. The molecule has 0 N–H and O–H groups in total. The Labute approximate surface area is 158 Å². The van der Waals surface area contributed by atoms with Gasteiger partial charge >= 0.3 is 0 Å². The van der Waals surface area contributed by atoms with Gasteiger partial charge in [-0.3, -0.25) is 9.59 Å². The lowest BCUT2D eigenvalue weighted by Gasteiger charge is -2.33. The number of hydrogen-bond donors (Lipinski definition) is 0. The second kappa shape index (κ2) is 8.14. The molecular weight excluding hydrogens is 346 g/mol. The number of aldehydes is 1. The smallest absolute Gasteiger partial charge is 0.256 e. The molecule has 4 nitrogen and oxygen atoms in total. The summed E-state index contributed by atoms with van der Waals surface area (Å²) in [6.07, 6.45) is 2.14. The molecule has 1 saturated heterocycles. The highest BCUT2D eigenvalue weighted by atomic mass is 32.1. The second-order valence-electron chi connectivity index (χ2n) is 7.15. The number of rotatable bonds is 5. The number of nitrogens with zero attached hydrogens (tertiary/aromatic N) is 1. The van der Waals surface area contributed by atoms with Crippen molar-refractivity contribution in [3.63, 3.8) is 0 Å². The third kappa shape index (κ3) is 3.89. The van der Waals surface area contributed by atoms with E-state index in [-0.39, 0.29) is 11.9 Å². The van der Waals surface area contributed by atoms with E-state index in [0.29, 0.717) is 23.1 Å². The van der Waals surface area contributed by atoms with E-state index in [1.54, 1.807) is 4.90 Å². The molecular formula is C21H25NO3S. The van der Waals surface area contributed by atoms with E-state index >= 15 is 0 Å². The van der Waals surface area contributed by atoms with E-state index in [9.17, 15) is 9.59 Å². The summed E-state index contributed by atoms with van der Waals surface area (Å²) >= 11 is 1.42. The quantitative estimate of drug-likeness (QED) is 0.710. The summed E-state index contributed by atoms with van der Waals surface area (Å²) in [6, 6.07) is 11.8. The van der Waals surface area contributed by atoms with Gasteiger partial charge in [-0.25, -0.2) is 0 Å². The Hall–Kier alpha value is -1.98. The zero-order valence-electron chi connectivity index (χ0n) is 15.5. The fraction of sp³-hybridized carbons (Fsp3) is 0.429. The minimum atomic E-state index is -0.423. The topological polar surface area (TPSA) is 46.6 Å². The van der Waals surface area contributed by atoms with Crippen LogP contribution in [0.4, 0.5) is 5.69 Å². The molecule has 0 bridgehead atoms. The van der Waals surface area contributed by atoms with Gasteiger partial charge in [0.05, 0.1) is 17.2 Å². The van der Waals surface area contributed by atoms with Crippen molar-refractivity contribution in [2.24, 2.45) is 5.92 Å². The number of amides is 1. The summed E-state index contributed by atoms with van der Waals surface area (Å²) in [5.74, 6) is 0.440. The van der Waals surface area contributed by atoms with Gasteiger partial charge in [0, 0.05) is 10.9 Å². The maximum atomic E-state index is 13.2. The average Bonchev–Trinajstić information content (AvgIpc) is 3.06. The molecule has 3 rings (SSSR count). The molecule has 0 spiro atoms. The maximum Gasteiger partial charge on any atom is 0.256 e. The number of ether oxygens (including phenoxy) is 1. The van der Waals surface area contributed by atoms with Crippen LogP contribution in [0, 0.1) is 5.92 Å². The van der Waals surface area contributed by atoms with Crippen LogP contribution in [0.2, 0.25) is 0 Å². The predicted molar refractivity (Wildman–Crippen MR) is 106 cm³/mol. The minimum Gasteiger partial charge on any atom is -0.368 e. The Morgan fingerprint density at radius 1 is 1.27 bits per heavy atom. The van der Waals surface area contributed by atoms with Crippen molar-refractivity contribution in [2.75, 3.05) is 11.5 Å². The molecule has 1 aliphatic heterocycles. The highest BCUT2D eigenvalue weighted by molar-refractivity contribution is 7.17. The lowest BCUT2D eigenvalue weighted by atomic mass is 9.99. The fourth-order valence-corrected chi connectivity index (χ4v) is 4.27. The van der Waals surface area contributed by atoms with E-state index in [1.165, 1.54) is 11.3 Å². The molecule has 0 radical (unpaired) electrons. The first-order valence-corrected chi connectivity index (χ1v) is 9.92. The van der Waals surface area contributed by atoms with Crippen molar-refractivity contribution < 1.29 is 14.3 Å². The van der Waals surface area contributed by atoms with Gasteiger partial charge < -0.3 is 9.64 Å². The van der Waals surface area contributed by atoms with E-state index in [0.717, 1.165) is 29.6 Å². The molecule has 0 unspecified atom stereocenters. The molecule has 1 fully saturated rings. The maximum absolute atomic E-state index is 13.2. The van der Waals surface area contributed by atoms with Crippen LogP contribution in [-0.4, -0.2) is 30.9 Å². The van der Waals surface area contributed by atoms with Gasteiger partial charge in [0.25, 0.3) is 5.91 Å². The molecule has 2 heterocycles. The molecule has 5 heteroatoms. The summed E-state index contributed by atoms with van der Waals surface area (Å²) in [7, 11) is 0. The SMILES string of the molecule is CC(C)N(C(=O)[C@H]1CC[C@@H](C)CO1)c1cc(-c2ccccc2)sc1C=O. The zero-order chi connectivity index (χ0) is 18.7. The van der Waals surface area contributed by atoms with Crippen molar-refractivity contribution in [3.8, 4) is 10.4 Å². The second-order valence-corrected chi connectivity index (χ2v) is 8.23. The normalized spacial score (nSPS) is 20.2. The van der Waals surface area contributed by atoms with Gasteiger partial charge in [-0.2, -0.15) is 0 Å². The highest BCUT2D eigenvalue weighted by Gasteiger charge is 2.33. The Kier molecular flexibility index (Phi) is 5.89. The van der Waals surface area contributed by atoms with E-state index in [1.807, 2.05) is 50.2 Å². The number of hydrogen-bond acceptors (Lipinski definition) is 4. The van der Waals surface area contributed by atoms with Crippen LogP contribution in [-0.2, 0) is 9.53 Å². The van der Waals surface area contributed by atoms with Crippen molar-refractivity contribution in [2.45, 2.75) is 45.8 Å². The standard InChI is InChI=1S/C21H25NO3S/c1-14(2)22(21(24)18-10-9-15(3)13-25-18)17-11-19(26-20(17)12-23)16-7-5-4-6-8-16/h4-8,11-12,14-15,18H,9-10,13H2,1-3H3/t15-,18-/m1/s1. The number of benzene rings is 1. The number of thiophene rings is 1. The molecule has 26 heavy (non-hydrogen) atoms. The van der Waals surface area contributed by atoms with Crippen LogP contribution >= 0.6 is 11.3 Å². The third-order valence-corrected chi connectivity index (χ3v) is 5.80. The zero-order valence-corrected chi connectivity index (χ0v) is 16.3. The van der Waals surface area contributed by atoms with Crippen molar-refractivity contribution in [3.05, 3.63) is 41.3 Å². The van der Waals surface area contributed by atoms with Gasteiger partial charge in [-0.1, -0.05) is 37.3 Å². The monoisotopic (exact) mass is 371 g/mol. The highest BCUT2D eigenvalue weighted by Crippen LogP contribution is 2.37. The lowest BCUT2D eigenvalue weighted by Crippen LogP contribution is -2.46. The van der Waals surface area contributed by atoms with E-state index in [4.69, 9.17) is 4.74 Å². The van der Waals surface area contributed by atoms with Gasteiger partial charge in [-0.15, -0.1) is 11.3 Å². The Morgan fingerprint density at radius 3 is 2.58 bits per heavy atom. The fourth-order valence-electron chi connectivity index (χ4n) is 3.30. The predicted octanol–water partition coefficient (Wildman–Crippen LogP) is 4.78. The Balaban J connectivity index is 1.94.